The zero-order valence-electron chi connectivity index (χ0n) is 13.8. The monoisotopic (exact) mass is 310 g/mol. The fraction of sp³-hybridized carbons (Fsp3) is 0.667. The lowest BCUT2D eigenvalue weighted by atomic mass is 10.1. The highest BCUT2D eigenvalue weighted by molar-refractivity contribution is 5.33. The third kappa shape index (κ3) is 9.03. The molecule has 4 heteroatoms. The first-order valence-electron chi connectivity index (χ1n) is 8.35. The fourth-order valence-corrected chi connectivity index (χ4v) is 2.19. The summed E-state index contributed by atoms with van der Waals surface area (Å²) in [7, 11) is 0. The molecule has 0 radical (unpaired) electrons. The predicted molar refractivity (Wildman–Crippen MR) is 88.5 cm³/mol. The zero-order chi connectivity index (χ0) is 15.9. The summed E-state index contributed by atoms with van der Waals surface area (Å²) in [4.78, 5) is 0. The van der Waals surface area contributed by atoms with Gasteiger partial charge in [0, 0.05) is 0 Å². The summed E-state index contributed by atoms with van der Waals surface area (Å²) in [5.74, 6) is 0.971. The van der Waals surface area contributed by atoms with E-state index in [1.54, 1.807) is 0 Å². The Morgan fingerprint density at radius 1 is 0.864 bits per heavy atom. The van der Waals surface area contributed by atoms with Crippen LogP contribution in [0.25, 0.3) is 0 Å². The predicted octanol–water partition coefficient (Wildman–Crippen LogP) is 3.21. The molecule has 0 atom stereocenters. The molecule has 0 heterocycles. The van der Waals surface area contributed by atoms with Gasteiger partial charge in [-0.25, -0.2) is 0 Å². The van der Waals surface area contributed by atoms with Crippen molar-refractivity contribution in [3.8, 4) is 5.75 Å². The molecule has 0 aliphatic heterocycles. The lowest BCUT2D eigenvalue weighted by molar-refractivity contribution is 0.0246. The number of aryl methyl sites for hydroxylation is 1. The summed E-state index contributed by atoms with van der Waals surface area (Å²) in [6.07, 6.45) is 6.13. The first-order chi connectivity index (χ1) is 10.9. The Hall–Kier alpha value is -1.10. The summed E-state index contributed by atoms with van der Waals surface area (Å²) in [6, 6.07) is 8.25. The minimum absolute atomic E-state index is 0.0537. The molecule has 1 rings (SSSR count). The zero-order valence-corrected chi connectivity index (χ0v) is 13.8. The number of hydrogen-bond donors (Lipinski definition) is 1. The summed E-state index contributed by atoms with van der Waals surface area (Å²) in [6.45, 7) is 4.78. The fourth-order valence-electron chi connectivity index (χ4n) is 2.19. The molecule has 4 nitrogen and oxygen atoms in total. The molecule has 0 saturated carbocycles. The molecule has 0 amide bonds. The highest BCUT2D eigenvalue weighted by atomic mass is 16.5. The highest BCUT2D eigenvalue weighted by Crippen LogP contribution is 2.20. The number of unbranched alkanes of at least 4 members (excludes halogenated alkanes) is 3. The van der Waals surface area contributed by atoms with Crippen molar-refractivity contribution in [2.45, 2.75) is 39.0 Å². The number of aliphatic hydroxyl groups excluding tert-OH is 1. The average molecular weight is 310 g/mol. The Bertz CT molecular complexity index is 368. The van der Waals surface area contributed by atoms with E-state index in [-0.39, 0.29) is 6.61 Å². The van der Waals surface area contributed by atoms with Gasteiger partial charge in [-0.3, -0.25) is 0 Å². The first-order valence-corrected chi connectivity index (χ1v) is 8.35. The molecule has 126 valence electrons. The highest BCUT2D eigenvalue weighted by Gasteiger charge is 2.02. The van der Waals surface area contributed by atoms with Crippen LogP contribution in [0.2, 0.25) is 0 Å². The third-order valence-electron chi connectivity index (χ3n) is 3.37. The van der Waals surface area contributed by atoms with Gasteiger partial charge in [0.2, 0.25) is 0 Å². The van der Waals surface area contributed by atoms with Gasteiger partial charge in [0.1, 0.15) is 12.4 Å². The summed E-state index contributed by atoms with van der Waals surface area (Å²) in [5.41, 5.74) is 1.28. The standard InChI is InChI=1S/C18H30O4/c1-2-3-4-5-8-17-9-6-7-10-18(17)22-16-15-21-14-13-20-12-11-19/h6-7,9-10,19H,2-5,8,11-16H2,1H3. The van der Waals surface area contributed by atoms with Gasteiger partial charge in [0.25, 0.3) is 0 Å². The minimum Gasteiger partial charge on any atom is -0.491 e. The molecule has 0 unspecified atom stereocenters. The number of ether oxygens (including phenoxy) is 3. The molecule has 0 spiro atoms. The van der Waals surface area contributed by atoms with Gasteiger partial charge < -0.3 is 19.3 Å². The maximum atomic E-state index is 8.56. The SMILES string of the molecule is CCCCCCc1ccccc1OCCOCCOCCO. The molecule has 22 heavy (non-hydrogen) atoms. The molecular formula is C18H30O4. The van der Waals surface area contributed by atoms with Gasteiger partial charge in [-0.05, 0) is 24.5 Å². The summed E-state index contributed by atoms with van der Waals surface area (Å²) < 4.78 is 16.4. The minimum atomic E-state index is 0.0537. The largest absolute Gasteiger partial charge is 0.491 e. The van der Waals surface area contributed by atoms with Gasteiger partial charge in [-0.1, -0.05) is 44.4 Å². The van der Waals surface area contributed by atoms with E-state index in [0.717, 1.165) is 12.2 Å². The van der Waals surface area contributed by atoms with Crippen molar-refractivity contribution in [2.24, 2.45) is 0 Å². The van der Waals surface area contributed by atoms with Crippen molar-refractivity contribution in [1.29, 1.82) is 0 Å². The van der Waals surface area contributed by atoms with Crippen molar-refractivity contribution in [3.63, 3.8) is 0 Å². The van der Waals surface area contributed by atoms with Crippen molar-refractivity contribution in [3.05, 3.63) is 29.8 Å². The van der Waals surface area contributed by atoms with Crippen LogP contribution >= 0.6 is 0 Å². The smallest absolute Gasteiger partial charge is 0.122 e. The van der Waals surface area contributed by atoms with Crippen LogP contribution in [-0.2, 0) is 15.9 Å². The Labute approximate surface area is 134 Å². The van der Waals surface area contributed by atoms with Crippen molar-refractivity contribution in [1.82, 2.24) is 0 Å². The number of para-hydroxylation sites is 1. The van der Waals surface area contributed by atoms with E-state index in [4.69, 9.17) is 19.3 Å². The molecule has 0 bridgehead atoms. The van der Waals surface area contributed by atoms with Gasteiger partial charge in [0.15, 0.2) is 0 Å². The van der Waals surface area contributed by atoms with Gasteiger partial charge >= 0.3 is 0 Å². The molecular weight excluding hydrogens is 280 g/mol. The van der Waals surface area contributed by atoms with E-state index in [9.17, 15) is 0 Å². The molecule has 0 aromatic heterocycles. The van der Waals surface area contributed by atoms with E-state index in [0.29, 0.717) is 33.0 Å². The maximum Gasteiger partial charge on any atom is 0.122 e. The normalized spacial score (nSPS) is 10.8. The second-order valence-corrected chi connectivity index (χ2v) is 5.22. The van der Waals surface area contributed by atoms with Crippen LogP contribution in [0, 0.1) is 0 Å². The van der Waals surface area contributed by atoms with Gasteiger partial charge in [-0.15, -0.1) is 0 Å². The van der Waals surface area contributed by atoms with Crippen LogP contribution in [-0.4, -0.2) is 44.7 Å². The maximum absolute atomic E-state index is 8.56. The molecule has 0 aliphatic rings. The van der Waals surface area contributed by atoms with Crippen molar-refractivity contribution < 1.29 is 19.3 Å². The Morgan fingerprint density at radius 3 is 2.36 bits per heavy atom. The van der Waals surface area contributed by atoms with Crippen LogP contribution in [0.15, 0.2) is 24.3 Å². The van der Waals surface area contributed by atoms with E-state index in [1.807, 2.05) is 12.1 Å². The molecule has 1 N–H and O–H groups in total. The Morgan fingerprint density at radius 2 is 1.59 bits per heavy atom. The average Bonchev–Trinajstić information content (AvgIpc) is 2.55. The van der Waals surface area contributed by atoms with Gasteiger partial charge in [0.05, 0.1) is 33.0 Å². The summed E-state index contributed by atoms with van der Waals surface area (Å²) >= 11 is 0. The van der Waals surface area contributed by atoms with Crippen LogP contribution in [0.3, 0.4) is 0 Å². The van der Waals surface area contributed by atoms with Crippen LogP contribution < -0.4 is 4.74 Å². The quantitative estimate of drug-likeness (QED) is 0.536. The van der Waals surface area contributed by atoms with Crippen LogP contribution in [0.5, 0.6) is 5.75 Å². The lowest BCUT2D eigenvalue weighted by Gasteiger charge is -2.11. The number of rotatable bonds is 14. The topological polar surface area (TPSA) is 47.9 Å². The van der Waals surface area contributed by atoms with E-state index in [1.165, 1.54) is 31.2 Å². The second-order valence-electron chi connectivity index (χ2n) is 5.22. The molecule has 0 fully saturated rings. The number of hydrogen-bond acceptors (Lipinski definition) is 4. The third-order valence-corrected chi connectivity index (χ3v) is 3.37. The van der Waals surface area contributed by atoms with Crippen molar-refractivity contribution >= 4 is 0 Å². The Kier molecular flexibility index (Phi) is 11.7. The van der Waals surface area contributed by atoms with Crippen LogP contribution in [0.4, 0.5) is 0 Å². The van der Waals surface area contributed by atoms with Gasteiger partial charge in [-0.2, -0.15) is 0 Å². The van der Waals surface area contributed by atoms with E-state index in [2.05, 4.69) is 19.1 Å². The lowest BCUT2D eigenvalue weighted by Crippen LogP contribution is -2.12. The summed E-state index contributed by atoms with van der Waals surface area (Å²) in [5, 5.41) is 8.56. The van der Waals surface area contributed by atoms with Crippen LogP contribution in [0.1, 0.15) is 38.2 Å². The molecule has 0 saturated heterocycles. The van der Waals surface area contributed by atoms with E-state index >= 15 is 0 Å². The molecule has 0 aliphatic carbocycles. The molecule has 1 aromatic rings. The Balaban J connectivity index is 2.16. The number of aliphatic hydroxyl groups is 1. The first kappa shape index (κ1) is 18.9. The number of benzene rings is 1. The van der Waals surface area contributed by atoms with Crippen molar-refractivity contribution in [2.75, 3.05) is 39.6 Å². The molecule has 1 aromatic carbocycles. The van der Waals surface area contributed by atoms with E-state index < -0.39 is 0 Å². The second kappa shape index (κ2) is 13.6.